The van der Waals surface area contributed by atoms with Gasteiger partial charge >= 0.3 is 11.9 Å². The lowest BCUT2D eigenvalue weighted by Crippen LogP contribution is -2.31. The highest BCUT2D eigenvalue weighted by atomic mass is 16.5. The molecule has 0 aliphatic rings. The van der Waals surface area contributed by atoms with E-state index in [-0.39, 0.29) is 11.9 Å². The van der Waals surface area contributed by atoms with Crippen LogP contribution in [0, 0.1) is 11.8 Å². The molecule has 1 aromatic rings. The monoisotopic (exact) mass is 521 g/mol. The Kier molecular flexibility index (Phi) is 19.8. The van der Waals surface area contributed by atoms with E-state index in [2.05, 4.69) is 37.6 Å². The number of unbranched alkanes of at least 4 members (excludes halogenated alkanes) is 4. The average molecular weight is 522 g/mol. The molecule has 37 heavy (non-hydrogen) atoms. The van der Waals surface area contributed by atoms with Crippen molar-refractivity contribution >= 4 is 11.9 Å². The number of hydrogen-bond acceptors (Lipinski definition) is 6. The Balaban J connectivity index is 2.27. The minimum atomic E-state index is -0.151. The summed E-state index contributed by atoms with van der Waals surface area (Å²) in [6, 6.07) is 0. The molecule has 1 heterocycles. The second kappa shape index (κ2) is 22.1. The summed E-state index contributed by atoms with van der Waals surface area (Å²) in [5, 5.41) is 0. The van der Waals surface area contributed by atoms with Gasteiger partial charge < -0.3 is 18.9 Å². The molecule has 1 aromatic heterocycles. The Labute approximate surface area is 226 Å². The van der Waals surface area contributed by atoms with E-state index in [1.54, 1.807) is 6.20 Å². The molecule has 1 rings (SSSR count). The SMILES string of the molecule is CCC(C)CCCCCOC(=O)CCN(CCCn1ccnc1)CCC(=O)OCCCCCC(C)CC. The maximum absolute atomic E-state index is 12.3. The number of rotatable bonds is 24. The van der Waals surface area contributed by atoms with Gasteiger partial charge in [0.15, 0.2) is 0 Å². The quantitative estimate of drug-likeness (QED) is 0.112. The highest BCUT2D eigenvalue weighted by Gasteiger charge is 2.12. The second-order valence-electron chi connectivity index (χ2n) is 10.7. The summed E-state index contributed by atoms with van der Waals surface area (Å²) >= 11 is 0. The molecule has 2 atom stereocenters. The van der Waals surface area contributed by atoms with Crippen LogP contribution in [0.25, 0.3) is 0 Å². The van der Waals surface area contributed by atoms with Gasteiger partial charge in [0.1, 0.15) is 0 Å². The lowest BCUT2D eigenvalue weighted by atomic mass is 10.0. The van der Waals surface area contributed by atoms with E-state index in [0.717, 1.165) is 57.0 Å². The van der Waals surface area contributed by atoms with Crippen LogP contribution in [0.4, 0.5) is 0 Å². The van der Waals surface area contributed by atoms with Gasteiger partial charge in [-0.15, -0.1) is 0 Å². The van der Waals surface area contributed by atoms with Gasteiger partial charge in [-0.2, -0.15) is 0 Å². The molecule has 0 bridgehead atoms. The maximum Gasteiger partial charge on any atom is 0.307 e. The summed E-state index contributed by atoms with van der Waals surface area (Å²) in [6.07, 6.45) is 18.6. The maximum atomic E-state index is 12.3. The van der Waals surface area contributed by atoms with Gasteiger partial charge in [-0.25, -0.2) is 4.98 Å². The van der Waals surface area contributed by atoms with Crippen molar-refractivity contribution in [2.24, 2.45) is 11.8 Å². The van der Waals surface area contributed by atoms with Crippen molar-refractivity contribution in [2.45, 2.75) is 118 Å². The van der Waals surface area contributed by atoms with Crippen LogP contribution in [-0.4, -0.2) is 59.2 Å². The number of carbonyl (C=O) groups is 2. The van der Waals surface area contributed by atoms with Crippen molar-refractivity contribution < 1.29 is 19.1 Å². The lowest BCUT2D eigenvalue weighted by molar-refractivity contribution is -0.144. The van der Waals surface area contributed by atoms with Gasteiger partial charge in [0.2, 0.25) is 0 Å². The average Bonchev–Trinajstić information content (AvgIpc) is 3.42. The fraction of sp³-hybridized carbons (Fsp3) is 0.833. The third-order valence-electron chi connectivity index (χ3n) is 7.32. The molecule has 0 N–H and O–H groups in total. The summed E-state index contributed by atoms with van der Waals surface area (Å²) in [5.74, 6) is 1.25. The van der Waals surface area contributed by atoms with Gasteiger partial charge in [0, 0.05) is 32.0 Å². The number of aryl methyl sites for hydroxylation is 1. The molecule has 0 aromatic carbocycles. The van der Waals surface area contributed by atoms with Crippen LogP contribution in [0.3, 0.4) is 0 Å². The van der Waals surface area contributed by atoms with E-state index < -0.39 is 0 Å². The van der Waals surface area contributed by atoms with Crippen LogP contribution in [0.2, 0.25) is 0 Å². The molecule has 2 unspecified atom stereocenters. The molecule has 0 saturated carbocycles. The molecule has 0 saturated heterocycles. The normalized spacial score (nSPS) is 13.0. The molecule has 0 fully saturated rings. The van der Waals surface area contributed by atoms with E-state index in [0.29, 0.717) is 39.1 Å². The first-order valence-electron chi connectivity index (χ1n) is 14.9. The van der Waals surface area contributed by atoms with Crippen LogP contribution in [0.1, 0.15) is 111 Å². The van der Waals surface area contributed by atoms with Crippen LogP contribution in [-0.2, 0) is 25.6 Å². The fourth-order valence-corrected chi connectivity index (χ4v) is 4.20. The first kappa shape index (κ1) is 33.1. The molecule has 0 aliphatic heterocycles. The number of carbonyl (C=O) groups excluding carboxylic acids is 2. The smallest absolute Gasteiger partial charge is 0.307 e. The predicted octanol–water partition coefficient (Wildman–Crippen LogP) is 6.65. The van der Waals surface area contributed by atoms with Gasteiger partial charge in [-0.1, -0.05) is 79.1 Å². The van der Waals surface area contributed by atoms with Crippen LogP contribution in [0.15, 0.2) is 18.7 Å². The summed E-state index contributed by atoms with van der Waals surface area (Å²) in [5.41, 5.74) is 0. The zero-order valence-electron chi connectivity index (χ0n) is 24.3. The number of nitrogens with zero attached hydrogens (tertiary/aromatic N) is 3. The third kappa shape index (κ3) is 18.9. The number of hydrogen-bond donors (Lipinski definition) is 0. The molecular formula is C30H55N3O4. The molecule has 0 aliphatic carbocycles. The Morgan fingerprint density at radius 3 is 1.78 bits per heavy atom. The fourth-order valence-electron chi connectivity index (χ4n) is 4.20. The van der Waals surface area contributed by atoms with Gasteiger partial charge in [0.25, 0.3) is 0 Å². The second-order valence-corrected chi connectivity index (χ2v) is 10.7. The van der Waals surface area contributed by atoms with Crippen molar-refractivity contribution in [3.8, 4) is 0 Å². The van der Waals surface area contributed by atoms with Crippen LogP contribution in [0.5, 0.6) is 0 Å². The Morgan fingerprint density at radius 1 is 0.784 bits per heavy atom. The summed E-state index contributed by atoms with van der Waals surface area (Å²) in [6.45, 7) is 12.9. The zero-order valence-corrected chi connectivity index (χ0v) is 24.3. The van der Waals surface area contributed by atoms with Crippen molar-refractivity contribution in [3.63, 3.8) is 0 Å². The van der Waals surface area contributed by atoms with Crippen molar-refractivity contribution in [3.05, 3.63) is 18.7 Å². The van der Waals surface area contributed by atoms with Gasteiger partial charge in [-0.05, 0) is 37.6 Å². The van der Waals surface area contributed by atoms with Gasteiger partial charge in [-0.3, -0.25) is 9.59 Å². The highest BCUT2D eigenvalue weighted by Crippen LogP contribution is 2.13. The Hall–Kier alpha value is -1.89. The van der Waals surface area contributed by atoms with Crippen LogP contribution >= 0.6 is 0 Å². The van der Waals surface area contributed by atoms with Crippen LogP contribution < -0.4 is 0 Å². The van der Waals surface area contributed by atoms with Crippen molar-refractivity contribution in [2.75, 3.05) is 32.8 Å². The molecule has 214 valence electrons. The molecule has 7 nitrogen and oxygen atoms in total. The highest BCUT2D eigenvalue weighted by molar-refractivity contribution is 5.70. The standard InChI is InChI=1S/C30H55N3O4/c1-5-27(3)14-9-7-11-24-36-29(34)16-21-32(19-13-20-33-23-18-31-26-33)22-17-30(35)37-25-12-8-10-15-28(4)6-2/h18,23,26-28H,5-17,19-22,24-25H2,1-4H3. The molecular weight excluding hydrogens is 466 g/mol. The number of aromatic nitrogens is 2. The Morgan fingerprint density at radius 2 is 1.32 bits per heavy atom. The number of esters is 2. The molecule has 7 heteroatoms. The summed E-state index contributed by atoms with van der Waals surface area (Å²) in [7, 11) is 0. The Bertz CT molecular complexity index is 642. The van der Waals surface area contributed by atoms with Crippen molar-refractivity contribution in [1.29, 1.82) is 0 Å². The van der Waals surface area contributed by atoms with Crippen molar-refractivity contribution in [1.82, 2.24) is 14.5 Å². The summed E-state index contributed by atoms with van der Waals surface area (Å²) < 4.78 is 12.9. The third-order valence-corrected chi connectivity index (χ3v) is 7.32. The topological polar surface area (TPSA) is 73.7 Å². The van der Waals surface area contributed by atoms with E-state index in [4.69, 9.17) is 9.47 Å². The van der Waals surface area contributed by atoms with E-state index in [1.807, 2.05) is 17.1 Å². The largest absolute Gasteiger partial charge is 0.466 e. The minimum Gasteiger partial charge on any atom is -0.466 e. The predicted molar refractivity (Wildman–Crippen MR) is 150 cm³/mol. The molecule has 0 spiro atoms. The lowest BCUT2D eigenvalue weighted by Gasteiger charge is -2.21. The first-order valence-corrected chi connectivity index (χ1v) is 14.9. The van der Waals surface area contributed by atoms with E-state index in [9.17, 15) is 9.59 Å². The molecule has 0 radical (unpaired) electrons. The first-order chi connectivity index (χ1) is 17.9. The number of imidazole rings is 1. The van der Waals surface area contributed by atoms with E-state index in [1.165, 1.54) is 38.5 Å². The molecule has 0 amide bonds. The summed E-state index contributed by atoms with van der Waals surface area (Å²) in [4.78, 5) is 30.8. The number of ether oxygens (including phenoxy) is 2. The van der Waals surface area contributed by atoms with Gasteiger partial charge in [0.05, 0.1) is 32.4 Å². The zero-order chi connectivity index (χ0) is 27.1. The minimum absolute atomic E-state index is 0.151. The van der Waals surface area contributed by atoms with E-state index >= 15 is 0 Å².